The van der Waals surface area contributed by atoms with Crippen molar-refractivity contribution in [3.05, 3.63) is 71.3 Å². The van der Waals surface area contributed by atoms with Crippen LogP contribution in [0.15, 0.2) is 54.6 Å². The Labute approximate surface area is 139 Å². The number of benzene rings is 2. The number of rotatable bonds is 7. The van der Waals surface area contributed by atoms with Gasteiger partial charge in [0.2, 0.25) is 0 Å². The van der Waals surface area contributed by atoms with E-state index in [4.69, 9.17) is 4.74 Å². The van der Waals surface area contributed by atoms with Gasteiger partial charge in [-0.2, -0.15) is 0 Å². The van der Waals surface area contributed by atoms with E-state index in [-0.39, 0.29) is 5.78 Å². The lowest BCUT2D eigenvalue weighted by Crippen LogP contribution is -1.99. The molecular weight excluding hydrogens is 340 g/mol. The van der Waals surface area contributed by atoms with E-state index in [0.29, 0.717) is 12.2 Å². The number of hydrogen-bond acceptors (Lipinski definition) is 2. The van der Waals surface area contributed by atoms with Gasteiger partial charge >= 0.3 is 0 Å². The molecule has 0 aliphatic carbocycles. The third-order valence-corrected chi connectivity index (χ3v) is 3.75. The molecule has 0 spiro atoms. The van der Waals surface area contributed by atoms with Crippen molar-refractivity contribution in [3.63, 3.8) is 0 Å². The van der Waals surface area contributed by atoms with Gasteiger partial charge in [0.25, 0.3) is 0 Å². The molecule has 2 nitrogen and oxygen atoms in total. The fourth-order valence-corrected chi connectivity index (χ4v) is 2.13. The Kier molecular flexibility index (Phi) is 6.41. The lowest BCUT2D eigenvalue weighted by Gasteiger charge is -2.05. The summed E-state index contributed by atoms with van der Waals surface area (Å²) in [5.74, 6) is 0.785. The number of halogens is 1. The summed E-state index contributed by atoms with van der Waals surface area (Å²) in [5, 5.41) is 0.924. The van der Waals surface area contributed by atoms with Crippen LogP contribution in [0.1, 0.15) is 27.9 Å². The number of aryl methyl sites for hydroxylation is 1. The molecule has 0 aliphatic heterocycles. The highest BCUT2D eigenvalue weighted by Crippen LogP contribution is 2.14. The van der Waals surface area contributed by atoms with Crippen LogP contribution < -0.4 is 4.74 Å². The Bertz CT molecular complexity index is 627. The molecule has 0 N–H and O–H groups in total. The van der Waals surface area contributed by atoms with Crippen molar-refractivity contribution in [2.24, 2.45) is 0 Å². The average Bonchev–Trinajstić information content (AvgIpc) is 2.55. The van der Waals surface area contributed by atoms with E-state index in [1.54, 1.807) is 18.2 Å². The van der Waals surface area contributed by atoms with Gasteiger partial charge in [0.05, 0.1) is 6.61 Å². The van der Waals surface area contributed by atoms with E-state index in [0.717, 1.165) is 23.1 Å². The van der Waals surface area contributed by atoms with Crippen molar-refractivity contribution in [2.45, 2.75) is 13.3 Å². The van der Waals surface area contributed by atoms with Crippen molar-refractivity contribution >= 4 is 27.8 Å². The second-order valence-corrected chi connectivity index (χ2v) is 5.82. The summed E-state index contributed by atoms with van der Waals surface area (Å²) < 4.78 is 5.56. The van der Waals surface area contributed by atoms with Gasteiger partial charge in [-0.3, -0.25) is 4.79 Å². The zero-order valence-electron chi connectivity index (χ0n) is 12.6. The molecule has 0 saturated heterocycles. The molecule has 0 aliphatic rings. The molecule has 0 radical (unpaired) electrons. The summed E-state index contributed by atoms with van der Waals surface area (Å²) in [6, 6.07) is 15.3. The second kappa shape index (κ2) is 8.54. The molecule has 22 heavy (non-hydrogen) atoms. The van der Waals surface area contributed by atoms with Crippen molar-refractivity contribution in [1.29, 1.82) is 0 Å². The number of ketones is 1. The number of hydrogen-bond donors (Lipinski definition) is 0. The van der Waals surface area contributed by atoms with Crippen molar-refractivity contribution in [3.8, 4) is 5.75 Å². The molecule has 0 aromatic heterocycles. The van der Waals surface area contributed by atoms with Gasteiger partial charge in [0.15, 0.2) is 5.78 Å². The standard InChI is InChI=1S/C19H19BrO2/c1-15-3-5-16(6-4-15)7-12-19(21)17-8-10-18(11-9-17)22-14-2-13-20/h3-12H,2,13-14H2,1H3. The fourth-order valence-electron chi connectivity index (χ4n) is 1.91. The van der Waals surface area contributed by atoms with Crippen LogP contribution in [-0.4, -0.2) is 17.7 Å². The largest absolute Gasteiger partial charge is 0.494 e. The Morgan fingerprint density at radius 2 is 1.77 bits per heavy atom. The molecule has 0 bridgehead atoms. The highest BCUT2D eigenvalue weighted by Gasteiger charge is 2.02. The van der Waals surface area contributed by atoms with Gasteiger partial charge < -0.3 is 4.74 Å². The Balaban J connectivity index is 1.96. The monoisotopic (exact) mass is 358 g/mol. The maximum Gasteiger partial charge on any atom is 0.185 e. The number of alkyl halides is 1. The van der Waals surface area contributed by atoms with E-state index >= 15 is 0 Å². The molecule has 2 aromatic rings. The highest BCUT2D eigenvalue weighted by molar-refractivity contribution is 9.09. The van der Waals surface area contributed by atoms with Crippen LogP contribution in [0.5, 0.6) is 5.75 Å². The zero-order chi connectivity index (χ0) is 15.8. The lowest BCUT2D eigenvalue weighted by atomic mass is 10.1. The minimum atomic E-state index is -0.00687. The first-order valence-corrected chi connectivity index (χ1v) is 8.39. The number of carbonyl (C=O) groups excluding carboxylic acids is 1. The second-order valence-electron chi connectivity index (χ2n) is 5.02. The molecule has 2 aromatic carbocycles. The molecule has 0 amide bonds. The van der Waals surface area contributed by atoms with E-state index in [1.165, 1.54) is 5.56 Å². The van der Waals surface area contributed by atoms with Crippen molar-refractivity contribution in [1.82, 2.24) is 0 Å². The highest BCUT2D eigenvalue weighted by atomic mass is 79.9. The molecule has 0 saturated carbocycles. The predicted molar refractivity (Wildman–Crippen MR) is 94.9 cm³/mol. The summed E-state index contributed by atoms with van der Waals surface area (Å²) in [4.78, 5) is 12.1. The van der Waals surface area contributed by atoms with Crippen molar-refractivity contribution < 1.29 is 9.53 Å². The van der Waals surface area contributed by atoms with Crippen LogP contribution in [0.2, 0.25) is 0 Å². The van der Waals surface area contributed by atoms with Gasteiger partial charge in [-0.15, -0.1) is 0 Å². The smallest absolute Gasteiger partial charge is 0.185 e. The Hall–Kier alpha value is -1.87. The van der Waals surface area contributed by atoms with Crippen molar-refractivity contribution in [2.75, 3.05) is 11.9 Å². The average molecular weight is 359 g/mol. The molecule has 0 unspecified atom stereocenters. The summed E-state index contributed by atoms with van der Waals surface area (Å²) in [5.41, 5.74) is 2.89. The van der Waals surface area contributed by atoms with Crippen LogP contribution >= 0.6 is 15.9 Å². The topological polar surface area (TPSA) is 26.3 Å². The molecular formula is C19H19BrO2. The molecule has 0 heterocycles. The minimum absolute atomic E-state index is 0.00687. The summed E-state index contributed by atoms with van der Waals surface area (Å²) in [6.45, 7) is 2.71. The van der Waals surface area contributed by atoms with E-state index in [1.807, 2.05) is 49.4 Å². The van der Waals surface area contributed by atoms with Gasteiger partial charge in [-0.05, 0) is 49.2 Å². The van der Waals surface area contributed by atoms with Crippen LogP contribution in [-0.2, 0) is 0 Å². The molecule has 3 heteroatoms. The fraction of sp³-hybridized carbons (Fsp3) is 0.211. The first-order chi connectivity index (χ1) is 10.7. The quantitative estimate of drug-likeness (QED) is 0.299. The van der Waals surface area contributed by atoms with Gasteiger partial charge in [-0.1, -0.05) is 51.8 Å². The third-order valence-electron chi connectivity index (χ3n) is 3.19. The lowest BCUT2D eigenvalue weighted by molar-refractivity contribution is 0.104. The van der Waals surface area contributed by atoms with Gasteiger partial charge in [-0.25, -0.2) is 0 Å². The maximum absolute atomic E-state index is 12.1. The first kappa shape index (κ1) is 16.5. The first-order valence-electron chi connectivity index (χ1n) is 7.27. The van der Waals surface area contributed by atoms with Gasteiger partial charge in [0, 0.05) is 10.9 Å². The van der Waals surface area contributed by atoms with Crippen LogP contribution in [0.3, 0.4) is 0 Å². The summed E-state index contributed by atoms with van der Waals surface area (Å²) in [7, 11) is 0. The minimum Gasteiger partial charge on any atom is -0.494 e. The van der Waals surface area contributed by atoms with E-state index in [9.17, 15) is 4.79 Å². The molecule has 114 valence electrons. The maximum atomic E-state index is 12.1. The normalized spacial score (nSPS) is 10.8. The number of carbonyl (C=O) groups is 1. The van der Waals surface area contributed by atoms with Crippen LogP contribution in [0.4, 0.5) is 0 Å². The summed E-state index contributed by atoms with van der Waals surface area (Å²) in [6.07, 6.45) is 4.40. The van der Waals surface area contributed by atoms with Crippen LogP contribution in [0, 0.1) is 6.92 Å². The molecule has 0 atom stereocenters. The van der Waals surface area contributed by atoms with Crippen LogP contribution in [0.25, 0.3) is 6.08 Å². The number of allylic oxidation sites excluding steroid dienone is 1. The molecule has 2 rings (SSSR count). The SMILES string of the molecule is Cc1ccc(C=CC(=O)c2ccc(OCCCBr)cc2)cc1. The van der Waals surface area contributed by atoms with E-state index in [2.05, 4.69) is 15.9 Å². The van der Waals surface area contributed by atoms with Gasteiger partial charge in [0.1, 0.15) is 5.75 Å². The Morgan fingerprint density at radius 1 is 1.09 bits per heavy atom. The third kappa shape index (κ3) is 5.15. The summed E-state index contributed by atoms with van der Waals surface area (Å²) >= 11 is 3.36. The Morgan fingerprint density at radius 3 is 2.41 bits per heavy atom. The number of ether oxygens (including phenoxy) is 1. The zero-order valence-corrected chi connectivity index (χ0v) is 14.2. The molecule has 0 fully saturated rings. The predicted octanol–water partition coefficient (Wildman–Crippen LogP) is 5.05. The van der Waals surface area contributed by atoms with E-state index < -0.39 is 0 Å².